The first-order valence-corrected chi connectivity index (χ1v) is 13.4. The van der Waals surface area contributed by atoms with Gasteiger partial charge < -0.3 is 25.2 Å². The number of carboxylic acids is 2. The minimum absolute atomic E-state index is 0.0757. The van der Waals surface area contributed by atoms with Crippen molar-refractivity contribution in [3.05, 3.63) is 89.0 Å². The summed E-state index contributed by atoms with van der Waals surface area (Å²) in [7, 11) is 0. The number of benzene rings is 2. The van der Waals surface area contributed by atoms with Crippen LogP contribution in [-0.4, -0.2) is 63.8 Å². The number of nitrogens with zero attached hydrogens (tertiary/aromatic N) is 2. The largest absolute Gasteiger partial charge is 0.492 e. The molecule has 0 unspecified atom stereocenters. The number of unbranched alkanes of at least 4 members (excludes halogenated alkanes) is 2. The lowest BCUT2D eigenvalue weighted by atomic mass is 10.1. The Morgan fingerprint density at radius 3 is 2.28 bits per heavy atom. The summed E-state index contributed by atoms with van der Waals surface area (Å²) in [6.07, 6.45) is 0.125. The van der Waals surface area contributed by atoms with Crippen LogP contribution in [0.4, 0.5) is 23.2 Å². The standard InChI is InChI=1S/C27H29ClFN3O4.C2HF3O2/c28-22-16-21(17-24(18-22)36-15-13-31-23-9-11-30-12-10-23)27(35)32(14-5-1-2-8-26(33)34)19-20-6-3-4-7-25(20)29;3-2(4,5)1(6)7/h3-4,6-7,9-12,16-18H,1-2,5,8,13-15,19H2,(H,30,31)(H,33,34);(H,6,7). The van der Waals surface area contributed by atoms with Crippen LogP contribution in [0.1, 0.15) is 41.6 Å². The Kier molecular flexibility index (Phi) is 14.2. The summed E-state index contributed by atoms with van der Waals surface area (Å²) in [6, 6.07) is 14.8. The topological polar surface area (TPSA) is 129 Å². The molecule has 232 valence electrons. The lowest BCUT2D eigenvalue weighted by molar-refractivity contribution is -0.192. The molecule has 1 heterocycles. The molecule has 3 rings (SSSR count). The number of nitrogens with one attached hydrogen (secondary N) is 1. The van der Waals surface area contributed by atoms with Crippen LogP contribution in [0.25, 0.3) is 0 Å². The van der Waals surface area contributed by atoms with E-state index in [2.05, 4.69) is 10.3 Å². The molecule has 2 aromatic carbocycles. The number of anilines is 1. The van der Waals surface area contributed by atoms with Gasteiger partial charge in [0.05, 0.1) is 0 Å². The molecule has 0 bridgehead atoms. The minimum Gasteiger partial charge on any atom is -0.492 e. The Balaban J connectivity index is 0.000000821. The molecular formula is C29H30ClF4N3O6. The van der Waals surface area contributed by atoms with Gasteiger partial charge in [0.25, 0.3) is 5.91 Å². The van der Waals surface area contributed by atoms with E-state index in [9.17, 15) is 27.2 Å². The lowest BCUT2D eigenvalue weighted by Crippen LogP contribution is -2.32. The highest BCUT2D eigenvalue weighted by atomic mass is 35.5. The second-order valence-corrected chi connectivity index (χ2v) is 9.45. The normalized spacial score (nSPS) is 10.7. The van der Waals surface area contributed by atoms with Gasteiger partial charge in [-0.1, -0.05) is 36.2 Å². The fraction of sp³-hybridized carbons (Fsp3) is 0.310. The summed E-state index contributed by atoms with van der Waals surface area (Å²) in [4.78, 5) is 38.6. The Hall–Kier alpha value is -4.39. The summed E-state index contributed by atoms with van der Waals surface area (Å²) >= 11 is 6.28. The van der Waals surface area contributed by atoms with Crippen molar-refractivity contribution in [2.45, 2.75) is 38.4 Å². The zero-order valence-corrected chi connectivity index (χ0v) is 23.6. The van der Waals surface area contributed by atoms with Gasteiger partial charge in [0.1, 0.15) is 18.2 Å². The number of aromatic nitrogens is 1. The molecule has 3 N–H and O–H groups in total. The SMILES string of the molecule is O=C(O)C(F)(F)F.O=C(O)CCCCCN(Cc1ccccc1F)C(=O)c1cc(Cl)cc(OCCNc2ccncc2)c1. The monoisotopic (exact) mass is 627 g/mol. The number of ether oxygens (including phenoxy) is 1. The third-order valence-corrected chi connectivity index (χ3v) is 5.88. The van der Waals surface area contributed by atoms with Crippen LogP contribution < -0.4 is 10.1 Å². The van der Waals surface area contributed by atoms with Gasteiger partial charge in [0, 0.05) is 60.3 Å². The first kappa shape index (κ1) is 34.8. The maximum absolute atomic E-state index is 14.3. The van der Waals surface area contributed by atoms with E-state index < -0.39 is 23.9 Å². The summed E-state index contributed by atoms with van der Waals surface area (Å²) in [5, 5.41) is 19.5. The number of aliphatic carboxylic acids is 2. The van der Waals surface area contributed by atoms with E-state index >= 15 is 0 Å². The van der Waals surface area contributed by atoms with Crippen LogP contribution in [0.15, 0.2) is 67.0 Å². The maximum Gasteiger partial charge on any atom is 0.490 e. The van der Waals surface area contributed by atoms with E-state index in [0.29, 0.717) is 60.9 Å². The first-order chi connectivity index (χ1) is 20.4. The van der Waals surface area contributed by atoms with Gasteiger partial charge in [-0.05, 0) is 49.2 Å². The Morgan fingerprint density at radius 2 is 1.65 bits per heavy atom. The maximum atomic E-state index is 14.3. The van der Waals surface area contributed by atoms with Crippen LogP contribution in [0, 0.1) is 5.82 Å². The fourth-order valence-corrected chi connectivity index (χ4v) is 3.85. The molecule has 0 spiro atoms. The molecule has 43 heavy (non-hydrogen) atoms. The number of amides is 1. The van der Waals surface area contributed by atoms with Crippen molar-refractivity contribution in [1.29, 1.82) is 0 Å². The van der Waals surface area contributed by atoms with Crippen molar-refractivity contribution in [2.75, 3.05) is 25.0 Å². The zero-order valence-electron chi connectivity index (χ0n) is 22.8. The average Bonchev–Trinajstić information content (AvgIpc) is 2.95. The van der Waals surface area contributed by atoms with E-state index in [-0.39, 0.29) is 18.9 Å². The van der Waals surface area contributed by atoms with Crippen molar-refractivity contribution in [1.82, 2.24) is 9.88 Å². The van der Waals surface area contributed by atoms with Gasteiger partial charge in [-0.25, -0.2) is 9.18 Å². The van der Waals surface area contributed by atoms with Crippen molar-refractivity contribution < 1.29 is 46.9 Å². The third-order valence-electron chi connectivity index (χ3n) is 5.67. The van der Waals surface area contributed by atoms with E-state index in [4.69, 9.17) is 31.3 Å². The number of carbonyl (C=O) groups is 3. The summed E-state index contributed by atoms with van der Waals surface area (Å²) in [6.45, 7) is 1.32. The number of alkyl halides is 3. The van der Waals surface area contributed by atoms with E-state index in [1.807, 2.05) is 12.1 Å². The number of carbonyl (C=O) groups excluding carboxylic acids is 1. The molecule has 1 amide bonds. The lowest BCUT2D eigenvalue weighted by Gasteiger charge is -2.24. The van der Waals surface area contributed by atoms with Crippen LogP contribution in [0.3, 0.4) is 0 Å². The summed E-state index contributed by atoms with van der Waals surface area (Å²) in [5.74, 6) is -3.85. The molecule has 3 aromatic rings. The van der Waals surface area contributed by atoms with E-state index in [0.717, 1.165) is 5.69 Å². The van der Waals surface area contributed by atoms with Crippen molar-refractivity contribution in [2.24, 2.45) is 0 Å². The van der Waals surface area contributed by atoms with Crippen LogP contribution in [-0.2, 0) is 16.1 Å². The number of carboxylic acid groups (broad SMARTS) is 2. The van der Waals surface area contributed by atoms with Crippen LogP contribution >= 0.6 is 11.6 Å². The summed E-state index contributed by atoms with van der Waals surface area (Å²) < 4.78 is 51.9. The molecule has 0 aliphatic rings. The Labute approximate surface area is 250 Å². The molecule has 0 saturated heterocycles. The molecule has 0 atom stereocenters. The highest BCUT2D eigenvalue weighted by Crippen LogP contribution is 2.24. The summed E-state index contributed by atoms with van der Waals surface area (Å²) in [5.41, 5.74) is 1.65. The highest BCUT2D eigenvalue weighted by Gasteiger charge is 2.38. The van der Waals surface area contributed by atoms with Crippen molar-refractivity contribution in [3.8, 4) is 5.75 Å². The predicted octanol–water partition coefficient (Wildman–Crippen LogP) is 6.29. The van der Waals surface area contributed by atoms with Crippen LogP contribution in [0.5, 0.6) is 5.75 Å². The van der Waals surface area contributed by atoms with Gasteiger partial charge in [-0.3, -0.25) is 14.6 Å². The number of rotatable bonds is 14. The molecule has 0 aliphatic carbocycles. The second kappa shape index (κ2) is 17.5. The van der Waals surface area contributed by atoms with Crippen LogP contribution in [0.2, 0.25) is 5.02 Å². The Bertz CT molecular complexity index is 1350. The molecule has 1 aromatic heterocycles. The highest BCUT2D eigenvalue weighted by molar-refractivity contribution is 6.31. The predicted molar refractivity (Wildman–Crippen MR) is 151 cm³/mol. The Morgan fingerprint density at radius 1 is 0.977 bits per heavy atom. The third kappa shape index (κ3) is 13.4. The van der Waals surface area contributed by atoms with E-state index in [1.165, 1.54) is 6.07 Å². The number of pyridine rings is 1. The molecule has 0 aliphatic heterocycles. The molecular weight excluding hydrogens is 598 g/mol. The average molecular weight is 628 g/mol. The smallest absolute Gasteiger partial charge is 0.490 e. The number of hydrogen-bond donors (Lipinski definition) is 3. The molecule has 0 saturated carbocycles. The minimum atomic E-state index is -5.08. The molecule has 0 radical (unpaired) electrons. The van der Waals surface area contributed by atoms with E-state index in [1.54, 1.807) is 53.7 Å². The molecule has 9 nitrogen and oxygen atoms in total. The van der Waals surface area contributed by atoms with Gasteiger partial charge in [-0.2, -0.15) is 13.2 Å². The zero-order chi connectivity index (χ0) is 31.8. The molecule has 14 heteroatoms. The quantitative estimate of drug-likeness (QED) is 0.141. The second-order valence-electron chi connectivity index (χ2n) is 9.01. The van der Waals surface area contributed by atoms with Crippen molar-refractivity contribution >= 4 is 35.1 Å². The fourth-order valence-electron chi connectivity index (χ4n) is 3.63. The van der Waals surface area contributed by atoms with Gasteiger partial charge in [0.2, 0.25) is 0 Å². The molecule has 0 fully saturated rings. The first-order valence-electron chi connectivity index (χ1n) is 13.0. The van der Waals surface area contributed by atoms with Gasteiger partial charge >= 0.3 is 18.1 Å². The van der Waals surface area contributed by atoms with Gasteiger partial charge in [0.15, 0.2) is 0 Å². The number of halogens is 5. The van der Waals surface area contributed by atoms with Crippen molar-refractivity contribution in [3.63, 3.8) is 0 Å². The number of hydrogen-bond acceptors (Lipinski definition) is 6. The van der Waals surface area contributed by atoms with Gasteiger partial charge in [-0.15, -0.1) is 0 Å².